The third kappa shape index (κ3) is 5.98. The summed E-state index contributed by atoms with van der Waals surface area (Å²) in [6.07, 6.45) is 0.635. The first-order chi connectivity index (χ1) is 17.3. The van der Waals surface area contributed by atoms with Crippen LogP contribution in [0.2, 0.25) is 0 Å². The largest absolute Gasteiger partial charge is 0.442 e. The summed E-state index contributed by atoms with van der Waals surface area (Å²) < 4.78 is 20.2. The van der Waals surface area contributed by atoms with Crippen LogP contribution < -0.4 is 10.2 Å². The van der Waals surface area contributed by atoms with Gasteiger partial charge in [-0.2, -0.15) is 5.10 Å². The van der Waals surface area contributed by atoms with Gasteiger partial charge < -0.3 is 20.1 Å². The first-order valence-corrected chi connectivity index (χ1v) is 11.6. The minimum absolute atomic E-state index is 0.202. The predicted octanol–water partition coefficient (Wildman–Crippen LogP) is 1.42. The zero-order valence-electron chi connectivity index (χ0n) is 19.9. The second-order valence-electron chi connectivity index (χ2n) is 8.58. The van der Waals surface area contributed by atoms with Crippen molar-refractivity contribution >= 4 is 29.8 Å². The number of nitrogens with one attached hydrogen (secondary N) is 1. The number of anilines is 1. The van der Waals surface area contributed by atoms with Gasteiger partial charge in [0.2, 0.25) is 11.8 Å². The SMILES string of the molecule is CC(=O)NC[C@H]1CN(c2ccc(-c3ccc(/C=N/N4CCN(C(=O)CO)CC4)cc3)c(F)c2)C(=O)O1. The average molecular weight is 498 g/mol. The number of hydrogen-bond acceptors (Lipinski definition) is 7. The van der Waals surface area contributed by atoms with Gasteiger partial charge in [0, 0.05) is 25.6 Å². The van der Waals surface area contributed by atoms with Gasteiger partial charge in [0.25, 0.3) is 0 Å². The standard InChI is InChI=1S/C25H28FN5O5/c1-17(33)27-14-21-15-31(25(35)36-21)20-6-7-22(23(26)12-20)19-4-2-18(3-5-19)13-28-30-10-8-29(9-11-30)24(34)16-32/h2-7,12-13,21,32H,8-11,14-16H2,1H3,(H,27,33)/b28-13+/t21-/m0/s1. The van der Waals surface area contributed by atoms with E-state index in [1.807, 2.05) is 17.1 Å². The maximum Gasteiger partial charge on any atom is 0.414 e. The van der Waals surface area contributed by atoms with Gasteiger partial charge in [-0.15, -0.1) is 0 Å². The van der Waals surface area contributed by atoms with Crippen LogP contribution in [0.4, 0.5) is 14.9 Å². The molecular weight excluding hydrogens is 469 g/mol. The van der Waals surface area contributed by atoms with Crippen LogP contribution in [-0.4, -0.2) is 91.1 Å². The van der Waals surface area contributed by atoms with Crippen molar-refractivity contribution in [1.82, 2.24) is 15.2 Å². The van der Waals surface area contributed by atoms with E-state index < -0.39 is 24.6 Å². The number of ether oxygens (including phenoxy) is 1. The van der Waals surface area contributed by atoms with E-state index >= 15 is 0 Å². The van der Waals surface area contributed by atoms with E-state index in [0.29, 0.717) is 43.0 Å². The van der Waals surface area contributed by atoms with Crippen molar-refractivity contribution in [2.24, 2.45) is 5.10 Å². The van der Waals surface area contributed by atoms with Gasteiger partial charge in [0.05, 0.1) is 38.1 Å². The lowest BCUT2D eigenvalue weighted by Gasteiger charge is -2.32. The summed E-state index contributed by atoms with van der Waals surface area (Å²) in [6, 6.07) is 11.8. The summed E-state index contributed by atoms with van der Waals surface area (Å²) in [7, 11) is 0. The molecule has 0 aliphatic carbocycles. The van der Waals surface area contributed by atoms with E-state index in [1.165, 1.54) is 17.9 Å². The summed E-state index contributed by atoms with van der Waals surface area (Å²) in [5, 5.41) is 17.9. The maximum atomic E-state index is 15.0. The lowest BCUT2D eigenvalue weighted by atomic mass is 10.0. The van der Waals surface area contributed by atoms with Gasteiger partial charge in [-0.3, -0.25) is 19.5 Å². The van der Waals surface area contributed by atoms with Crippen molar-refractivity contribution in [1.29, 1.82) is 0 Å². The summed E-state index contributed by atoms with van der Waals surface area (Å²) in [5.41, 5.74) is 2.31. The van der Waals surface area contributed by atoms with Crippen molar-refractivity contribution in [3.8, 4) is 11.1 Å². The number of piperazine rings is 1. The second kappa shape index (κ2) is 11.2. The molecule has 3 amide bonds. The summed E-state index contributed by atoms with van der Waals surface area (Å²) in [5.74, 6) is -0.963. The quantitative estimate of drug-likeness (QED) is 0.560. The fourth-order valence-corrected chi connectivity index (χ4v) is 4.06. The van der Waals surface area contributed by atoms with E-state index in [9.17, 15) is 18.8 Å². The van der Waals surface area contributed by atoms with E-state index in [1.54, 1.807) is 35.4 Å². The Hall–Kier alpha value is -3.99. The lowest BCUT2D eigenvalue weighted by molar-refractivity contribution is -0.135. The molecule has 2 saturated heterocycles. The molecule has 4 rings (SSSR count). The fraction of sp³-hybridized carbons (Fsp3) is 0.360. The van der Waals surface area contributed by atoms with Crippen molar-refractivity contribution in [3.05, 3.63) is 53.8 Å². The van der Waals surface area contributed by atoms with Gasteiger partial charge in [-0.25, -0.2) is 9.18 Å². The molecule has 0 saturated carbocycles. The number of benzene rings is 2. The summed E-state index contributed by atoms with van der Waals surface area (Å²) in [4.78, 5) is 37.8. The van der Waals surface area contributed by atoms with Crippen LogP contribution in [0, 0.1) is 5.82 Å². The highest BCUT2D eigenvalue weighted by Gasteiger charge is 2.32. The van der Waals surface area contributed by atoms with Crippen LogP contribution in [0.25, 0.3) is 11.1 Å². The highest BCUT2D eigenvalue weighted by Crippen LogP contribution is 2.29. The van der Waals surface area contributed by atoms with Gasteiger partial charge in [-0.1, -0.05) is 24.3 Å². The minimum Gasteiger partial charge on any atom is -0.442 e. The molecule has 2 aromatic carbocycles. The molecule has 10 nitrogen and oxygen atoms in total. The Morgan fingerprint density at radius 2 is 1.89 bits per heavy atom. The molecule has 0 spiro atoms. The zero-order chi connectivity index (χ0) is 25.7. The average Bonchev–Trinajstić information content (AvgIpc) is 3.27. The summed E-state index contributed by atoms with van der Waals surface area (Å²) >= 11 is 0. The molecule has 2 aliphatic heterocycles. The van der Waals surface area contributed by atoms with E-state index in [4.69, 9.17) is 9.84 Å². The molecule has 2 fully saturated rings. The molecule has 2 aromatic rings. The van der Waals surface area contributed by atoms with E-state index in [-0.39, 0.29) is 24.9 Å². The smallest absolute Gasteiger partial charge is 0.414 e. The highest BCUT2D eigenvalue weighted by atomic mass is 19.1. The Morgan fingerprint density at radius 1 is 1.17 bits per heavy atom. The number of halogens is 1. The fourth-order valence-electron chi connectivity index (χ4n) is 4.06. The van der Waals surface area contributed by atoms with Crippen LogP contribution in [0.1, 0.15) is 12.5 Å². The Balaban J connectivity index is 1.36. The van der Waals surface area contributed by atoms with Crippen LogP contribution in [-0.2, 0) is 14.3 Å². The number of carbonyl (C=O) groups excluding carboxylic acids is 3. The van der Waals surface area contributed by atoms with Crippen molar-refractivity contribution in [3.63, 3.8) is 0 Å². The topological polar surface area (TPSA) is 115 Å². The molecule has 0 unspecified atom stereocenters. The molecule has 2 aliphatic rings. The van der Waals surface area contributed by atoms with Crippen molar-refractivity contribution in [2.45, 2.75) is 13.0 Å². The number of rotatable bonds is 7. The van der Waals surface area contributed by atoms with E-state index in [0.717, 1.165) is 5.56 Å². The molecule has 0 radical (unpaired) electrons. The number of aliphatic hydroxyl groups is 1. The first kappa shape index (κ1) is 25.1. The molecule has 1 atom stereocenters. The number of carbonyl (C=O) groups is 3. The molecule has 2 heterocycles. The second-order valence-corrected chi connectivity index (χ2v) is 8.58. The highest BCUT2D eigenvalue weighted by molar-refractivity contribution is 5.90. The van der Waals surface area contributed by atoms with Crippen LogP contribution in [0.15, 0.2) is 47.6 Å². The van der Waals surface area contributed by atoms with Gasteiger partial charge in [0.15, 0.2) is 0 Å². The number of hydrazone groups is 1. The van der Waals surface area contributed by atoms with Crippen LogP contribution in [0.5, 0.6) is 0 Å². The number of nitrogens with zero attached hydrogens (tertiary/aromatic N) is 4. The molecule has 190 valence electrons. The van der Waals surface area contributed by atoms with Crippen molar-refractivity contribution < 1.29 is 28.6 Å². The monoisotopic (exact) mass is 497 g/mol. The third-order valence-corrected chi connectivity index (χ3v) is 6.05. The molecule has 0 aromatic heterocycles. The molecule has 2 N–H and O–H groups in total. The maximum absolute atomic E-state index is 15.0. The predicted molar refractivity (Wildman–Crippen MR) is 131 cm³/mol. The number of aliphatic hydroxyl groups excluding tert-OH is 1. The molecular formula is C25H28FN5O5. The third-order valence-electron chi connectivity index (χ3n) is 6.05. The zero-order valence-corrected chi connectivity index (χ0v) is 19.9. The van der Waals surface area contributed by atoms with Gasteiger partial charge in [-0.05, 0) is 29.3 Å². The Bertz CT molecular complexity index is 1150. The van der Waals surface area contributed by atoms with Crippen LogP contribution >= 0.6 is 0 Å². The summed E-state index contributed by atoms with van der Waals surface area (Å²) in [6.45, 7) is 3.50. The number of amides is 3. The lowest BCUT2D eigenvalue weighted by Crippen LogP contribution is -2.47. The normalized spacial score (nSPS) is 18.0. The van der Waals surface area contributed by atoms with Crippen molar-refractivity contribution in [2.75, 3.05) is 50.8 Å². The number of cyclic esters (lactones) is 1. The minimum atomic E-state index is -0.581. The van der Waals surface area contributed by atoms with E-state index in [2.05, 4.69) is 10.4 Å². The Morgan fingerprint density at radius 3 is 2.53 bits per heavy atom. The Kier molecular flexibility index (Phi) is 7.79. The van der Waals surface area contributed by atoms with Gasteiger partial charge >= 0.3 is 6.09 Å². The first-order valence-electron chi connectivity index (χ1n) is 11.6. The van der Waals surface area contributed by atoms with Crippen LogP contribution in [0.3, 0.4) is 0 Å². The van der Waals surface area contributed by atoms with Gasteiger partial charge in [0.1, 0.15) is 18.5 Å². The Labute approximate surface area is 207 Å². The number of hydrogen-bond donors (Lipinski definition) is 2. The molecule has 0 bridgehead atoms. The molecule has 11 heteroatoms. The molecule has 36 heavy (non-hydrogen) atoms.